The molecule has 1 atom stereocenters. The molecule has 0 aliphatic rings. The number of nitrogens with one attached hydrogen (secondary N) is 1. The van der Waals surface area contributed by atoms with Gasteiger partial charge in [0.15, 0.2) is 0 Å². The molecule has 18 heavy (non-hydrogen) atoms. The van der Waals surface area contributed by atoms with E-state index in [-0.39, 0.29) is 5.91 Å². The van der Waals surface area contributed by atoms with Crippen LogP contribution in [-0.2, 0) is 0 Å². The minimum Gasteiger partial charge on any atom is -0.351 e. The van der Waals surface area contributed by atoms with Crippen molar-refractivity contribution in [3.63, 3.8) is 0 Å². The van der Waals surface area contributed by atoms with E-state index in [1.54, 1.807) is 0 Å². The Morgan fingerprint density at radius 3 is 2.44 bits per heavy atom. The zero-order valence-corrected chi connectivity index (χ0v) is 13.9. The molecule has 0 fully saturated rings. The second-order valence-corrected chi connectivity index (χ2v) is 6.31. The third kappa shape index (κ3) is 4.39. The predicted molar refractivity (Wildman–Crippen MR) is 83.3 cm³/mol. The predicted octanol–water partition coefficient (Wildman–Crippen LogP) is 4.38. The van der Waals surface area contributed by atoms with Crippen LogP contribution in [0.4, 0.5) is 0 Å². The lowest BCUT2D eigenvalue weighted by Gasteiger charge is -2.20. The lowest BCUT2D eigenvalue weighted by atomic mass is 9.99. The number of carbonyl (C=O) groups excluding carboxylic acids is 1. The summed E-state index contributed by atoms with van der Waals surface area (Å²) in [6.07, 6.45) is 2.24. The van der Waals surface area contributed by atoms with Gasteiger partial charge in [0.25, 0.3) is 5.91 Å². The van der Waals surface area contributed by atoms with Gasteiger partial charge < -0.3 is 5.32 Å². The van der Waals surface area contributed by atoms with Gasteiger partial charge in [0.05, 0.1) is 5.56 Å². The van der Waals surface area contributed by atoms with Crippen molar-refractivity contribution >= 4 is 37.8 Å². The van der Waals surface area contributed by atoms with Gasteiger partial charge in [-0.1, -0.05) is 54.8 Å². The Labute approximate surface area is 126 Å². The van der Waals surface area contributed by atoms with E-state index in [2.05, 4.69) is 51.0 Å². The summed E-state index contributed by atoms with van der Waals surface area (Å²) in [6.45, 7) is 5.02. The molecule has 1 aromatic carbocycles. The van der Waals surface area contributed by atoms with Crippen molar-refractivity contribution in [3.8, 4) is 0 Å². The molecule has 0 aromatic heterocycles. The summed E-state index contributed by atoms with van der Waals surface area (Å²) in [5.74, 6) is 0.572. The lowest BCUT2D eigenvalue weighted by Crippen LogP contribution is -2.33. The molecule has 0 spiro atoms. The van der Waals surface area contributed by atoms with Crippen LogP contribution in [0.15, 0.2) is 28.7 Å². The van der Waals surface area contributed by atoms with Gasteiger partial charge in [-0.2, -0.15) is 0 Å². The van der Waals surface area contributed by atoms with Crippen LogP contribution in [0.5, 0.6) is 0 Å². The van der Waals surface area contributed by atoms with E-state index in [0.29, 0.717) is 22.9 Å². The highest BCUT2D eigenvalue weighted by Crippen LogP contribution is 2.20. The standard InChI is InChI=1S/C14H19Br2NO/c1-3-10(4-2)13(16)9-17-14(18)11-7-5-6-8-12(11)15/h5-8,10,13H,3-4,9H2,1-2H3,(H,17,18). The Morgan fingerprint density at radius 1 is 1.28 bits per heavy atom. The summed E-state index contributed by atoms with van der Waals surface area (Å²) in [5.41, 5.74) is 0.682. The van der Waals surface area contributed by atoms with Crippen LogP contribution < -0.4 is 5.32 Å². The van der Waals surface area contributed by atoms with Crippen molar-refractivity contribution in [3.05, 3.63) is 34.3 Å². The molecule has 0 saturated heterocycles. The van der Waals surface area contributed by atoms with Gasteiger partial charge in [0, 0.05) is 15.8 Å². The molecular formula is C14H19Br2NO. The zero-order chi connectivity index (χ0) is 13.5. The molecular weight excluding hydrogens is 358 g/mol. The lowest BCUT2D eigenvalue weighted by molar-refractivity contribution is 0.0951. The van der Waals surface area contributed by atoms with E-state index in [4.69, 9.17) is 0 Å². The highest BCUT2D eigenvalue weighted by atomic mass is 79.9. The van der Waals surface area contributed by atoms with Crippen molar-refractivity contribution < 1.29 is 4.79 Å². The quantitative estimate of drug-likeness (QED) is 0.733. The average molecular weight is 377 g/mol. The number of alkyl halides is 1. The fourth-order valence-electron chi connectivity index (χ4n) is 1.90. The SMILES string of the molecule is CCC(CC)C(Br)CNC(=O)c1ccccc1Br. The molecule has 1 N–H and O–H groups in total. The Morgan fingerprint density at radius 2 is 1.89 bits per heavy atom. The van der Waals surface area contributed by atoms with Gasteiger partial charge in [0.2, 0.25) is 0 Å². The van der Waals surface area contributed by atoms with Gasteiger partial charge in [-0.15, -0.1) is 0 Å². The first-order valence-corrected chi connectivity index (χ1v) is 7.97. The molecule has 0 aliphatic carbocycles. The fraction of sp³-hybridized carbons (Fsp3) is 0.500. The second-order valence-electron chi connectivity index (χ2n) is 4.28. The van der Waals surface area contributed by atoms with E-state index >= 15 is 0 Å². The maximum atomic E-state index is 12.0. The normalized spacial score (nSPS) is 12.5. The second kappa shape index (κ2) is 7.95. The minimum atomic E-state index is -0.0297. The first-order valence-electron chi connectivity index (χ1n) is 6.26. The van der Waals surface area contributed by atoms with Gasteiger partial charge in [-0.25, -0.2) is 0 Å². The largest absolute Gasteiger partial charge is 0.351 e. The topological polar surface area (TPSA) is 29.1 Å². The monoisotopic (exact) mass is 375 g/mol. The molecule has 1 aromatic rings. The van der Waals surface area contributed by atoms with Crippen LogP contribution in [0, 0.1) is 5.92 Å². The first-order chi connectivity index (χ1) is 8.60. The van der Waals surface area contributed by atoms with Gasteiger partial charge in [-0.05, 0) is 34.0 Å². The van der Waals surface area contributed by atoms with E-state index in [0.717, 1.165) is 17.3 Å². The smallest absolute Gasteiger partial charge is 0.252 e. The molecule has 0 aliphatic heterocycles. The Hall–Kier alpha value is -0.350. The number of benzene rings is 1. The summed E-state index contributed by atoms with van der Waals surface area (Å²) >= 11 is 7.05. The van der Waals surface area contributed by atoms with Crippen molar-refractivity contribution in [2.24, 2.45) is 5.92 Å². The number of hydrogen-bond donors (Lipinski definition) is 1. The molecule has 0 heterocycles. The van der Waals surface area contributed by atoms with Crippen LogP contribution in [0.3, 0.4) is 0 Å². The van der Waals surface area contributed by atoms with Crippen LogP contribution in [0.2, 0.25) is 0 Å². The van der Waals surface area contributed by atoms with Crippen LogP contribution in [0.25, 0.3) is 0 Å². The van der Waals surface area contributed by atoms with E-state index < -0.39 is 0 Å². The summed E-state index contributed by atoms with van der Waals surface area (Å²) in [6, 6.07) is 7.46. The van der Waals surface area contributed by atoms with E-state index in [1.807, 2.05) is 24.3 Å². The molecule has 0 saturated carbocycles. The fourth-order valence-corrected chi connectivity index (χ4v) is 3.27. The maximum absolute atomic E-state index is 12.0. The molecule has 4 heteroatoms. The van der Waals surface area contributed by atoms with Crippen LogP contribution in [-0.4, -0.2) is 17.3 Å². The van der Waals surface area contributed by atoms with E-state index in [1.165, 1.54) is 0 Å². The Balaban J connectivity index is 2.54. The maximum Gasteiger partial charge on any atom is 0.252 e. The highest BCUT2D eigenvalue weighted by molar-refractivity contribution is 9.10. The Bertz CT molecular complexity index is 391. The minimum absolute atomic E-state index is 0.0297. The van der Waals surface area contributed by atoms with Gasteiger partial charge >= 0.3 is 0 Å². The summed E-state index contributed by atoms with van der Waals surface area (Å²) < 4.78 is 0.830. The van der Waals surface area contributed by atoms with Crippen molar-refractivity contribution in [2.45, 2.75) is 31.5 Å². The summed E-state index contributed by atoms with van der Waals surface area (Å²) in [7, 11) is 0. The summed E-state index contributed by atoms with van der Waals surface area (Å²) in [4.78, 5) is 12.3. The van der Waals surface area contributed by atoms with Gasteiger partial charge in [-0.3, -0.25) is 4.79 Å². The molecule has 1 rings (SSSR count). The van der Waals surface area contributed by atoms with Gasteiger partial charge in [0.1, 0.15) is 0 Å². The third-order valence-corrected chi connectivity index (χ3v) is 4.90. The summed E-state index contributed by atoms with van der Waals surface area (Å²) in [5, 5.41) is 2.97. The van der Waals surface area contributed by atoms with E-state index in [9.17, 15) is 4.79 Å². The number of amides is 1. The first kappa shape index (κ1) is 15.7. The molecule has 2 nitrogen and oxygen atoms in total. The number of halogens is 2. The van der Waals surface area contributed by atoms with Crippen LogP contribution >= 0.6 is 31.9 Å². The molecule has 1 amide bonds. The number of carbonyl (C=O) groups is 1. The van der Waals surface area contributed by atoms with Crippen molar-refractivity contribution in [2.75, 3.05) is 6.54 Å². The zero-order valence-electron chi connectivity index (χ0n) is 10.7. The number of rotatable bonds is 6. The average Bonchev–Trinajstić information content (AvgIpc) is 2.38. The highest BCUT2D eigenvalue weighted by Gasteiger charge is 2.17. The number of hydrogen-bond acceptors (Lipinski definition) is 1. The van der Waals surface area contributed by atoms with Crippen molar-refractivity contribution in [1.29, 1.82) is 0 Å². The molecule has 1 unspecified atom stereocenters. The van der Waals surface area contributed by atoms with Crippen LogP contribution in [0.1, 0.15) is 37.0 Å². The third-order valence-electron chi connectivity index (χ3n) is 3.14. The molecule has 100 valence electrons. The van der Waals surface area contributed by atoms with Crippen molar-refractivity contribution in [1.82, 2.24) is 5.32 Å². The molecule has 0 bridgehead atoms. The molecule has 0 radical (unpaired) electrons. The Kier molecular flexibility index (Phi) is 6.94.